The van der Waals surface area contributed by atoms with E-state index < -0.39 is 23.4 Å². The third-order valence-electron chi connectivity index (χ3n) is 8.16. The van der Waals surface area contributed by atoms with Crippen LogP contribution in [0.2, 0.25) is 0 Å². The molecule has 1 fully saturated rings. The number of halogens is 3. The van der Waals surface area contributed by atoms with Gasteiger partial charge in [-0.3, -0.25) is 0 Å². The number of aromatic carboxylic acids is 1. The first kappa shape index (κ1) is 31.7. The smallest absolute Gasteiger partial charge is 0.354 e. The number of fused-ring (bicyclic) bond motifs is 1. The Bertz CT molecular complexity index is 1870. The quantitative estimate of drug-likeness (QED) is 0.170. The molecular weight excluding hydrogens is 581 g/mol. The summed E-state index contributed by atoms with van der Waals surface area (Å²) in [6, 6.07) is 14.7. The Morgan fingerprint density at radius 2 is 1.69 bits per heavy atom. The molecule has 0 bridgehead atoms. The number of aromatic nitrogens is 4. The number of imidazole rings is 1. The van der Waals surface area contributed by atoms with Crippen molar-refractivity contribution in [1.82, 2.24) is 19.5 Å². The van der Waals surface area contributed by atoms with Crippen molar-refractivity contribution in [2.75, 3.05) is 0 Å². The molecule has 3 aromatic heterocycles. The zero-order valence-corrected chi connectivity index (χ0v) is 25.7. The molecule has 5 aromatic rings. The molecule has 6 rings (SSSR count). The summed E-state index contributed by atoms with van der Waals surface area (Å²) in [5, 5.41) is 9.46. The van der Waals surface area contributed by atoms with Gasteiger partial charge in [-0.15, -0.1) is 0 Å². The molecule has 0 saturated heterocycles. The van der Waals surface area contributed by atoms with Crippen molar-refractivity contribution in [3.8, 4) is 17.1 Å². The van der Waals surface area contributed by atoms with E-state index in [0.717, 1.165) is 37.0 Å². The molecule has 7 nitrogen and oxygen atoms in total. The number of aryl methyl sites for hydroxylation is 1. The first-order valence-corrected chi connectivity index (χ1v) is 15.1. The molecule has 0 radical (unpaired) electrons. The van der Waals surface area contributed by atoms with Crippen molar-refractivity contribution < 1.29 is 27.8 Å². The van der Waals surface area contributed by atoms with Gasteiger partial charge < -0.3 is 14.4 Å². The van der Waals surface area contributed by atoms with Crippen LogP contribution in [0.3, 0.4) is 0 Å². The largest absolute Gasteiger partial charge is 0.477 e. The number of pyridine rings is 2. The zero-order valence-electron chi connectivity index (χ0n) is 25.7. The van der Waals surface area contributed by atoms with Crippen LogP contribution in [0, 0.1) is 29.8 Å². The van der Waals surface area contributed by atoms with E-state index in [4.69, 9.17) is 4.74 Å². The fourth-order valence-corrected chi connectivity index (χ4v) is 5.26. The number of carbonyl (C=O) groups is 1. The van der Waals surface area contributed by atoms with E-state index in [0.29, 0.717) is 29.1 Å². The van der Waals surface area contributed by atoms with Crippen molar-refractivity contribution in [2.24, 2.45) is 5.41 Å². The van der Waals surface area contributed by atoms with Crippen molar-refractivity contribution in [3.63, 3.8) is 0 Å². The maximum Gasteiger partial charge on any atom is 0.354 e. The van der Waals surface area contributed by atoms with Crippen molar-refractivity contribution in [2.45, 2.75) is 66.5 Å². The normalized spacial score (nSPS) is 13.3. The van der Waals surface area contributed by atoms with E-state index in [1.165, 1.54) is 12.1 Å². The van der Waals surface area contributed by atoms with Crippen LogP contribution >= 0.6 is 0 Å². The van der Waals surface area contributed by atoms with Crippen LogP contribution in [0.4, 0.5) is 13.2 Å². The van der Waals surface area contributed by atoms with Gasteiger partial charge in [0.1, 0.15) is 35.4 Å². The van der Waals surface area contributed by atoms with Crippen molar-refractivity contribution in [1.29, 1.82) is 0 Å². The summed E-state index contributed by atoms with van der Waals surface area (Å²) in [4.78, 5) is 24.9. The third-order valence-corrected chi connectivity index (χ3v) is 8.16. The van der Waals surface area contributed by atoms with Crippen LogP contribution in [0.25, 0.3) is 22.4 Å². The average molecular weight is 617 g/mol. The summed E-state index contributed by atoms with van der Waals surface area (Å²) in [5.41, 5.74) is 2.22. The standard InChI is InChI=1S/C33H29F3N4O3.C2H6/c1-3-33(11-12-33)18-40-29(37-27-9-10-28(32(41)42)39-31(27)40)15-21-14-25(36)22(16-24(21)35)26-5-4-6-30(38-26)43-17-20-8-7-19(2)13-23(20)34;1-2/h4-10,13-14,16H,3,11-12,15,17-18H2,1-2H3,(H,41,42);1-2H3. The lowest BCUT2D eigenvalue weighted by Gasteiger charge is -2.17. The van der Waals surface area contributed by atoms with E-state index in [9.17, 15) is 14.3 Å². The van der Waals surface area contributed by atoms with E-state index in [1.807, 2.05) is 18.4 Å². The highest BCUT2D eigenvalue weighted by molar-refractivity contribution is 5.88. The Labute approximate surface area is 259 Å². The SMILES string of the molecule is CC.CCC1(Cn2c(Cc3cc(F)c(-c4cccc(OCc5ccc(C)cc5F)n4)cc3F)nc3ccc(C(=O)O)nc32)CC1. The minimum absolute atomic E-state index is 0.0136. The molecule has 1 aliphatic carbocycles. The first-order chi connectivity index (χ1) is 21.6. The van der Waals surface area contributed by atoms with Crippen molar-refractivity contribution >= 4 is 17.1 Å². The van der Waals surface area contributed by atoms with Gasteiger partial charge in [0.15, 0.2) is 11.3 Å². The molecule has 1 aliphatic rings. The van der Waals surface area contributed by atoms with Gasteiger partial charge in [0, 0.05) is 30.2 Å². The minimum atomic E-state index is -1.15. The van der Waals surface area contributed by atoms with Crippen LogP contribution in [0.15, 0.2) is 60.7 Å². The van der Waals surface area contributed by atoms with Gasteiger partial charge in [-0.05, 0) is 79.1 Å². The van der Waals surface area contributed by atoms with Crippen LogP contribution in [0.5, 0.6) is 5.88 Å². The number of ether oxygens (including phenoxy) is 1. The summed E-state index contributed by atoms with van der Waals surface area (Å²) in [5.74, 6) is -2.23. The van der Waals surface area contributed by atoms with Gasteiger partial charge in [0.2, 0.25) is 5.88 Å². The molecule has 45 heavy (non-hydrogen) atoms. The molecular formula is C35H35F3N4O3. The second-order valence-corrected chi connectivity index (χ2v) is 11.2. The number of nitrogens with zero attached hydrogens (tertiary/aromatic N) is 4. The molecule has 0 unspecified atom stereocenters. The van der Waals surface area contributed by atoms with Gasteiger partial charge >= 0.3 is 5.97 Å². The lowest BCUT2D eigenvalue weighted by Crippen LogP contribution is -2.15. The van der Waals surface area contributed by atoms with E-state index in [1.54, 1.807) is 43.3 Å². The van der Waals surface area contributed by atoms with Crippen LogP contribution in [0.1, 0.15) is 73.0 Å². The number of carboxylic acid groups (broad SMARTS) is 1. The van der Waals surface area contributed by atoms with Crippen LogP contribution in [-0.4, -0.2) is 30.6 Å². The molecule has 234 valence electrons. The Balaban J connectivity index is 0.00000196. The number of carboxylic acids is 1. The van der Waals surface area contributed by atoms with Gasteiger partial charge in [-0.2, -0.15) is 0 Å². The van der Waals surface area contributed by atoms with E-state index >= 15 is 8.78 Å². The predicted octanol–water partition coefficient (Wildman–Crippen LogP) is 8.30. The molecule has 1 N–H and O–H groups in total. The summed E-state index contributed by atoms with van der Waals surface area (Å²) < 4.78 is 52.7. The topological polar surface area (TPSA) is 90.1 Å². The number of rotatable bonds is 10. The number of hydrogen-bond donors (Lipinski definition) is 1. The van der Waals surface area contributed by atoms with Crippen LogP contribution < -0.4 is 4.74 Å². The molecule has 0 spiro atoms. The first-order valence-electron chi connectivity index (χ1n) is 15.1. The lowest BCUT2D eigenvalue weighted by molar-refractivity contribution is 0.0691. The number of benzene rings is 2. The zero-order chi connectivity index (χ0) is 32.3. The van der Waals surface area contributed by atoms with Crippen molar-refractivity contribution in [3.05, 3.63) is 106 Å². The molecule has 0 amide bonds. The van der Waals surface area contributed by atoms with Gasteiger partial charge in [0.05, 0.1) is 5.69 Å². The highest BCUT2D eigenvalue weighted by Gasteiger charge is 2.41. The Kier molecular flexibility index (Phi) is 9.22. The molecule has 0 atom stereocenters. The summed E-state index contributed by atoms with van der Waals surface area (Å²) >= 11 is 0. The summed E-state index contributed by atoms with van der Waals surface area (Å²) in [6.45, 7) is 8.39. The molecule has 2 aromatic carbocycles. The molecule has 0 aliphatic heterocycles. The molecule has 1 saturated carbocycles. The van der Waals surface area contributed by atoms with Gasteiger partial charge in [-0.25, -0.2) is 32.9 Å². The van der Waals surface area contributed by atoms with Crippen LogP contribution in [-0.2, 0) is 19.6 Å². The van der Waals surface area contributed by atoms with E-state index in [-0.39, 0.29) is 46.8 Å². The third kappa shape index (κ3) is 6.84. The molecule has 10 heteroatoms. The second kappa shape index (κ2) is 13.1. The summed E-state index contributed by atoms with van der Waals surface area (Å²) in [6.07, 6.45) is 2.96. The Morgan fingerprint density at radius 1 is 0.933 bits per heavy atom. The Morgan fingerprint density at radius 3 is 2.38 bits per heavy atom. The maximum atomic E-state index is 15.5. The van der Waals surface area contributed by atoms with E-state index in [2.05, 4.69) is 21.9 Å². The summed E-state index contributed by atoms with van der Waals surface area (Å²) in [7, 11) is 0. The average Bonchev–Trinajstić information content (AvgIpc) is 3.74. The Hall–Kier alpha value is -4.73. The lowest BCUT2D eigenvalue weighted by atomic mass is 10.0. The number of hydrogen-bond acceptors (Lipinski definition) is 5. The van der Waals surface area contributed by atoms with Gasteiger partial charge in [-0.1, -0.05) is 39.0 Å². The van der Waals surface area contributed by atoms with Gasteiger partial charge in [0.25, 0.3) is 0 Å². The second-order valence-electron chi connectivity index (χ2n) is 11.2. The minimum Gasteiger partial charge on any atom is -0.477 e. The fourth-order valence-electron chi connectivity index (χ4n) is 5.26. The maximum absolute atomic E-state index is 15.5. The fraction of sp³-hybridized carbons (Fsp3) is 0.314. The highest BCUT2D eigenvalue weighted by Crippen LogP contribution is 2.50. The monoisotopic (exact) mass is 616 g/mol. The highest BCUT2D eigenvalue weighted by atomic mass is 19.1. The predicted molar refractivity (Wildman–Crippen MR) is 166 cm³/mol. The molecule has 3 heterocycles.